The highest BCUT2D eigenvalue weighted by Gasteiger charge is 2.13. The van der Waals surface area contributed by atoms with E-state index >= 15 is 0 Å². The van der Waals surface area contributed by atoms with E-state index in [1.165, 1.54) is 12.3 Å². The molecule has 0 aliphatic carbocycles. The van der Waals surface area contributed by atoms with Gasteiger partial charge in [0.25, 0.3) is 0 Å². The first-order valence-corrected chi connectivity index (χ1v) is 6.58. The van der Waals surface area contributed by atoms with Crippen LogP contribution in [0.4, 0.5) is 0 Å². The summed E-state index contributed by atoms with van der Waals surface area (Å²) in [6.07, 6.45) is 1.31. The molecule has 1 aromatic heterocycles. The second-order valence-corrected chi connectivity index (χ2v) is 4.58. The lowest BCUT2D eigenvalue weighted by molar-refractivity contribution is 0.0450. The van der Waals surface area contributed by atoms with E-state index in [1.807, 2.05) is 30.3 Å². The summed E-state index contributed by atoms with van der Waals surface area (Å²) in [5.41, 5.74) is 0.186. The number of benzene rings is 1. The van der Waals surface area contributed by atoms with Crippen molar-refractivity contribution in [3.05, 3.63) is 58.3 Å². The molecule has 4 nitrogen and oxygen atoms in total. The largest absolute Gasteiger partial charge is 0.490 e. The molecule has 1 heterocycles. The molecule has 0 aliphatic rings. The summed E-state index contributed by atoms with van der Waals surface area (Å²) in [5, 5.41) is 0.380. The summed E-state index contributed by atoms with van der Waals surface area (Å²) in [7, 11) is 0. The van der Waals surface area contributed by atoms with Crippen LogP contribution >= 0.6 is 23.2 Å². The molecule has 1 aromatic carbocycles. The topological polar surface area (TPSA) is 48.4 Å². The first kappa shape index (κ1) is 14.6. The number of nitrogens with zero attached hydrogens (tertiary/aromatic N) is 1. The van der Waals surface area contributed by atoms with Gasteiger partial charge in [-0.1, -0.05) is 41.4 Å². The number of carbonyl (C=O) groups excluding carboxylic acids is 1. The van der Waals surface area contributed by atoms with Gasteiger partial charge in [-0.2, -0.15) is 0 Å². The molecule has 2 rings (SSSR count). The van der Waals surface area contributed by atoms with E-state index in [-0.39, 0.29) is 29.0 Å². The number of para-hydroxylation sites is 1. The Bertz CT molecular complexity index is 590. The maximum Gasteiger partial charge on any atom is 0.339 e. The minimum atomic E-state index is -0.559. The van der Waals surface area contributed by atoms with Crippen molar-refractivity contribution in [1.82, 2.24) is 4.98 Å². The number of halogens is 2. The van der Waals surface area contributed by atoms with Crippen molar-refractivity contribution in [1.29, 1.82) is 0 Å². The smallest absolute Gasteiger partial charge is 0.339 e. The van der Waals surface area contributed by atoms with E-state index in [2.05, 4.69) is 4.98 Å². The Balaban J connectivity index is 1.82. The van der Waals surface area contributed by atoms with E-state index in [4.69, 9.17) is 32.7 Å². The molecule has 104 valence electrons. The van der Waals surface area contributed by atoms with E-state index in [0.29, 0.717) is 5.75 Å². The van der Waals surface area contributed by atoms with E-state index in [1.54, 1.807) is 0 Å². The SMILES string of the molecule is O=C(OCCOc1ccccc1)c1cc(Cl)ncc1Cl. The van der Waals surface area contributed by atoms with Gasteiger partial charge in [-0.15, -0.1) is 0 Å². The zero-order valence-electron chi connectivity index (χ0n) is 10.4. The van der Waals surface area contributed by atoms with Gasteiger partial charge in [0.05, 0.1) is 10.6 Å². The number of esters is 1. The van der Waals surface area contributed by atoms with Crippen LogP contribution in [0.25, 0.3) is 0 Å². The van der Waals surface area contributed by atoms with Crippen molar-refractivity contribution in [2.75, 3.05) is 13.2 Å². The fourth-order valence-corrected chi connectivity index (χ4v) is 1.80. The molecule has 2 aromatic rings. The Morgan fingerprint density at radius 2 is 1.90 bits per heavy atom. The number of ether oxygens (including phenoxy) is 2. The predicted molar refractivity (Wildman–Crippen MR) is 76.5 cm³/mol. The number of hydrogen-bond acceptors (Lipinski definition) is 4. The molecule has 0 saturated carbocycles. The summed E-state index contributed by atoms with van der Waals surface area (Å²) in [5.74, 6) is 0.157. The molecular formula is C14H11Cl2NO3. The number of aromatic nitrogens is 1. The minimum absolute atomic E-state index is 0.115. The Hall–Kier alpha value is -1.78. The quantitative estimate of drug-likeness (QED) is 0.480. The third-order valence-corrected chi connectivity index (χ3v) is 2.88. The van der Waals surface area contributed by atoms with E-state index in [9.17, 15) is 4.79 Å². The van der Waals surface area contributed by atoms with Crippen LogP contribution in [-0.4, -0.2) is 24.2 Å². The van der Waals surface area contributed by atoms with Gasteiger partial charge in [-0.05, 0) is 18.2 Å². The Morgan fingerprint density at radius 1 is 1.15 bits per heavy atom. The van der Waals surface area contributed by atoms with Gasteiger partial charge in [-0.25, -0.2) is 9.78 Å². The summed E-state index contributed by atoms with van der Waals surface area (Å²) < 4.78 is 10.4. The Labute approximate surface area is 126 Å². The van der Waals surface area contributed by atoms with Crippen LogP contribution in [0.2, 0.25) is 10.2 Å². The van der Waals surface area contributed by atoms with Crippen LogP contribution in [0.1, 0.15) is 10.4 Å². The van der Waals surface area contributed by atoms with E-state index < -0.39 is 5.97 Å². The second-order valence-electron chi connectivity index (χ2n) is 3.78. The first-order valence-electron chi connectivity index (χ1n) is 5.83. The molecular weight excluding hydrogens is 301 g/mol. The van der Waals surface area contributed by atoms with Gasteiger partial charge < -0.3 is 9.47 Å². The van der Waals surface area contributed by atoms with Crippen molar-refractivity contribution in [3.63, 3.8) is 0 Å². The van der Waals surface area contributed by atoms with Gasteiger partial charge in [0.1, 0.15) is 24.1 Å². The first-order chi connectivity index (χ1) is 9.66. The molecule has 0 N–H and O–H groups in total. The molecule has 0 aliphatic heterocycles. The number of carbonyl (C=O) groups is 1. The van der Waals surface area contributed by atoms with Crippen LogP contribution in [0.5, 0.6) is 5.75 Å². The van der Waals surface area contributed by atoms with Gasteiger partial charge in [-0.3, -0.25) is 0 Å². The molecule has 20 heavy (non-hydrogen) atoms. The second kappa shape index (κ2) is 7.12. The molecule has 0 radical (unpaired) electrons. The molecule has 0 spiro atoms. The van der Waals surface area contributed by atoms with Crippen LogP contribution in [0, 0.1) is 0 Å². The highest BCUT2D eigenvalue weighted by Crippen LogP contribution is 2.19. The van der Waals surface area contributed by atoms with Gasteiger partial charge >= 0.3 is 5.97 Å². The van der Waals surface area contributed by atoms with Crippen LogP contribution in [0.3, 0.4) is 0 Å². The molecule has 0 amide bonds. The predicted octanol–water partition coefficient (Wildman–Crippen LogP) is 3.62. The van der Waals surface area contributed by atoms with E-state index in [0.717, 1.165) is 0 Å². The monoisotopic (exact) mass is 311 g/mol. The van der Waals surface area contributed by atoms with Crippen LogP contribution < -0.4 is 4.74 Å². The average molecular weight is 312 g/mol. The number of pyridine rings is 1. The number of hydrogen-bond donors (Lipinski definition) is 0. The lowest BCUT2D eigenvalue weighted by atomic mass is 10.3. The van der Waals surface area contributed by atoms with Crippen LogP contribution in [0.15, 0.2) is 42.6 Å². The summed E-state index contributed by atoms with van der Waals surface area (Å²) in [6.45, 7) is 0.371. The maximum atomic E-state index is 11.8. The molecule has 0 fully saturated rings. The van der Waals surface area contributed by atoms with Crippen molar-refractivity contribution >= 4 is 29.2 Å². The summed E-state index contributed by atoms with van der Waals surface area (Å²) in [4.78, 5) is 15.5. The molecule has 0 unspecified atom stereocenters. The van der Waals surface area contributed by atoms with Crippen LogP contribution in [-0.2, 0) is 4.74 Å². The standard InChI is InChI=1S/C14H11Cl2NO3/c15-12-9-17-13(16)8-11(12)14(18)20-7-6-19-10-4-2-1-3-5-10/h1-5,8-9H,6-7H2. The van der Waals surface area contributed by atoms with Crippen molar-refractivity contribution < 1.29 is 14.3 Å². The minimum Gasteiger partial charge on any atom is -0.490 e. The van der Waals surface area contributed by atoms with Gasteiger partial charge in [0.2, 0.25) is 0 Å². The fraction of sp³-hybridized carbons (Fsp3) is 0.143. The molecule has 0 saturated heterocycles. The molecule has 0 atom stereocenters. The Kier molecular flexibility index (Phi) is 5.21. The zero-order chi connectivity index (χ0) is 14.4. The average Bonchev–Trinajstić information content (AvgIpc) is 2.47. The zero-order valence-corrected chi connectivity index (χ0v) is 11.9. The third kappa shape index (κ3) is 4.11. The Morgan fingerprint density at radius 3 is 2.65 bits per heavy atom. The highest BCUT2D eigenvalue weighted by atomic mass is 35.5. The van der Waals surface area contributed by atoms with Gasteiger partial charge in [0.15, 0.2) is 0 Å². The van der Waals surface area contributed by atoms with Crippen molar-refractivity contribution in [2.45, 2.75) is 0 Å². The summed E-state index contributed by atoms with van der Waals surface area (Å²) in [6, 6.07) is 10.6. The molecule has 0 bridgehead atoms. The molecule has 6 heteroatoms. The lowest BCUT2D eigenvalue weighted by Gasteiger charge is -2.08. The number of rotatable bonds is 5. The van der Waals surface area contributed by atoms with Crippen molar-refractivity contribution in [2.24, 2.45) is 0 Å². The lowest BCUT2D eigenvalue weighted by Crippen LogP contribution is -2.13. The van der Waals surface area contributed by atoms with Gasteiger partial charge in [0, 0.05) is 6.20 Å². The maximum absolute atomic E-state index is 11.8. The fourth-order valence-electron chi connectivity index (χ4n) is 1.46. The highest BCUT2D eigenvalue weighted by molar-refractivity contribution is 6.34. The van der Waals surface area contributed by atoms with Crippen molar-refractivity contribution in [3.8, 4) is 5.75 Å². The normalized spacial score (nSPS) is 10.1. The summed E-state index contributed by atoms with van der Waals surface area (Å²) >= 11 is 11.5. The third-order valence-electron chi connectivity index (χ3n) is 2.37.